The molecule has 2 aromatic carbocycles. The number of hydrogen-bond donors (Lipinski definition) is 3. The van der Waals surface area contributed by atoms with Gasteiger partial charge in [-0.1, -0.05) is 18.2 Å². The Bertz CT molecular complexity index is 1020. The van der Waals surface area contributed by atoms with Crippen LogP contribution in [0, 0.1) is 13.8 Å². The molecule has 0 spiro atoms. The summed E-state index contributed by atoms with van der Waals surface area (Å²) < 4.78 is 5.89. The van der Waals surface area contributed by atoms with E-state index in [4.69, 9.17) is 4.42 Å². The van der Waals surface area contributed by atoms with Crippen molar-refractivity contribution in [2.75, 3.05) is 18.4 Å². The van der Waals surface area contributed by atoms with Gasteiger partial charge in [0.05, 0.1) is 24.2 Å². The van der Waals surface area contributed by atoms with Crippen LogP contribution in [0.4, 0.5) is 5.69 Å². The fraction of sp³-hybridized carbons (Fsp3) is 0.348. The van der Waals surface area contributed by atoms with E-state index in [9.17, 15) is 9.90 Å². The number of piperidine rings is 1. The Hall–Kier alpha value is -2.79. The minimum absolute atomic E-state index is 0.203. The van der Waals surface area contributed by atoms with Gasteiger partial charge in [-0.25, -0.2) is 0 Å². The average molecular weight is 379 g/mol. The van der Waals surface area contributed by atoms with E-state index in [1.807, 2.05) is 31.2 Å². The second-order valence-corrected chi connectivity index (χ2v) is 7.73. The Morgan fingerprint density at radius 3 is 2.61 bits per heavy atom. The average Bonchev–Trinajstić information content (AvgIpc) is 3.03. The molecule has 3 aromatic rings. The molecule has 146 valence electrons. The molecule has 0 radical (unpaired) electrons. The monoisotopic (exact) mass is 379 g/mol. The number of carbonyl (C=O) groups excluding carboxylic acids is 1. The summed E-state index contributed by atoms with van der Waals surface area (Å²) in [6.45, 7) is 6.66. The lowest BCUT2D eigenvalue weighted by atomic mass is 10.0. The number of fused-ring (bicyclic) bond motifs is 1. The van der Waals surface area contributed by atoms with Gasteiger partial charge in [-0.3, -0.25) is 4.79 Å². The van der Waals surface area contributed by atoms with Crippen LogP contribution in [0.25, 0.3) is 11.0 Å². The zero-order chi connectivity index (χ0) is 19.7. The largest absolute Gasteiger partial charge is 0.507 e. The van der Waals surface area contributed by atoms with Crippen LogP contribution >= 0.6 is 0 Å². The quantitative estimate of drug-likeness (QED) is 0.649. The number of nitrogens with one attached hydrogen (secondary N) is 2. The molecule has 5 nitrogen and oxygen atoms in total. The number of anilines is 1. The number of phenolic OH excluding ortho intramolecular Hbond substituents is 1. The fourth-order valence-corrected chi connectivity index (χ4v) is 4.20. The van der Waals surface area contributed by atoms with Crippen molar-refractivity contribution in [2.45, 2.75) is 39.7 Å². The van der Waals surface area contributed by atoms with Gasteiger partial charge in [-0.15, -0.1) is 0 Å². The molecule has 3 N–H and O–H groups in total. The third-order valence-electron chi connectivity index (χ3n) is 5.72. The standard InChI is InChI=1S/C23H26N2O3/c1-15-8-4-5-9-18(15)24-23(27)21-16(2)28-20-11-10-19(26)17(22(20)21)14-25-12-6-3-7-13-25/h4-5,8-11,26H,3,6-7,12-14H2,1-2H3,(H,24,27)/p+1. The molecule has 1 amide bonds. The van der Waals surface area contributed by atoms with Gasteiger partial charge in [0.25, 0.3) is 5.91 Å². The summed E-state index contributed by atoms with van der Waals surface area (Å²) in [6.07, 6.45) is 3.68. The van der Waals surface area contributed by atoms with Gasteiger partial charge in [0.15, 0.2) is 0 Å². The molecule has 1 aromatic heterocycles. The van der Waals surface area contributed by atoms with Gasteiger partial charge < -0.3 is 19.7 Å². The molecule has 28 heavy (non-hydrogen) atoms. The molecule has 0 atom stereocenters. The Kier molecular flexibility index (Phi) is 5.09. The lowest BCUT2D eigenvalue weighted by Gasteiger charge is -2.24. The maximum atomic E-state index is 13.2. The van der Waals surface area contributed by atoms with Crippen LogP contribution in [0.3, 0.4) is 0 Å². The van der Waals surface area contributed by atoms with E-state index in [2.05, 4.69) is 5.32 Å². The highest BCUT2D eigenvalue weighted by Gasteiger charge is 2.26. The molecule has 1 fully saturated rings. The van der Waals surface area contributed by atoms with Crippen molar-refractivity contribution in [2.24, 2.45) is 0 Å². The third-order valence-corrected chi connectivity index (χ3v) is 5.72. The Morgan fingerprint density at radius 2 is 1.86 bits per heavy atom. The van der Waals surface area contributed by atoms with Gasteiger partial charge in [-0.2, -0.15) is 0 Å². The first-order valence-electron chi connectivity index (χ1n) is 9.99. The maximum Gasteiger partial charge on any atom is 0.259 e. The summed E-state index contributed by atoms with van der Waals surface area (Å²) in [4.78, 5) is 14.6. The van der Waals surface area contributed by atoms with Crippen molar-refractivity contribution in [3.63, 3.8) is 0 Å². The van der Waals surface area contributed by atoms with E-state index < -0.39 is 0 Å². The molecule has 0 unspecified atom stereocenters. The maximum absolute atomic E-state index is 13.2. The predicted octanol–water partition coefficient (Wildman–Crippen LogP) is 3.58. The van der Waals surface area contributed by atoms with Gasteiger partial charge in [0.1, 0.15) is 23.6 Å². The smallest absolute Gasteiger partial charge is 0.259 e. The van der Waals surface area contributed by atoms with Crippen LogP contribution in [0.15, 0.2) is 40.8 Å². The van der Waals surface area contributed by atoms with Crippen molar-refractivity contribution in [1.29, 1.82) is 0 Å². The molecule has 0 saturated carbocycles. The van der Waals surface area contributed by atoms with Crippen LogP contribution in [0.1, 0.15) is 46.5 Å². The summed E-state index contributed by atoms with van der Waals surface area (Å²) in [5.74, 6) is 0.601. The molecule has 1 saturated heterocycles. The number of aromatic hydroxyl groups is 1. The number of amides is 1. The molecule has 1 aliphatic heterocycles. The van der Waals surface area contributed by atoms with Crippen LogP contribution in [-0.4, -0.2) is 24.1 Å². The Labute approximate surface area is 165 Å². The van der Waals surface area contributed by atoms with Crippen LogP contribution in [0.2, 0.25) is 0 Å². The fourth-order valence-electron chi connectivity index (χ4n) is 4.20. The summed E-state index contributed by atoms with van der Waals surface area (Å²) in [6, 6.07) is 11.1. The number of phenols is 1. The normalized spacial score (nSPS) is 15.1. The number of benzene rings is 2. The molecule has 4 rings (SSSR count). The number of aryl methyl sites for hydroxylation is 2. The second-order valence-electron chi connectivity index (χ2n) is 7.73. The highest BCUT2D eigenvalue weighted by Crippen LogP contribution is 2.34. The summed E-state index contributed by atoms with van der Waals surface area (Å²) in [5.41, 5.74) is 3.75. The Balaban J connectivity index is 1.75. The van der Waals surface area contributed by atoms with Gasteiger partial charge in [0.2, 0.25) is 0 Å². The minimum atomic E-state index is -0.203. The molecular formula is C23H27N2O3+. The predicted molar refractivity (Wildman–Crippen MR) is 110 cm³/mol. The van der Waals surface area contributed by atoms with Gasteiger partial charge in [0, 0.05) is 11.1 Å². The highest BCUT2D eigenvalue weighted by molar-refractivity contribution is 6.14. The second kappa shape index (κ2) is 7.68. The molecule has 5 heteroatoms. The first-order chi connectivity index (χ1) is 13.5. The van der Waals surface area contributed by atoms with E-state index in [1.54, 1.807) is 19.1 Å². The minimum Gasteiger partial charge on any atom is -0.507 e. The zero-order valence-electron chi connectivity index (χ0n) is 16.5. The van der Waals surface area contributed by atoms with Crippen LogP contribution < -0.4 is 10.2 Å². The van der Waals surface area contributed by atoms with Crippen molar-refractivity contribution in [1.82, 2.24) is 0 Å². The number of hydrogen-bond acceptors (Lipinski definition) is 3. The van der Waals surface area contributed by atoms with Crippen LogP contribution in [0.5, 0.6) is 5.75 Å². The van der Waals surface area contributed by atoms with E-state index in [-0.39, 0.29) is 11.7 Å². The first-order valence-corrected chi connectivity index (χ1v) is 9.99. The topological polar surface area (TPSA) is 66.9 Å². The molecule has 0 bridgehead atoms. The number of rotatable bonds is 4. The molecule has 0 aliphatic carbocycles. The number of likely N-dealkylation sites (tertiary alicyclic amines) is 1. The van der Waals surface area contributed by atoms with E-state index >= 15 is 0 Å². The van der Waals surface area contributed by atoms with E-state index in [0.29, 0.717) is 23.5 Å². The SMILES string of the molecule is Cc1ccccc1NC(=O)c1c(C)oc2ccc(O)c(C[NH+]3CCCCC3)c12. The van der Waals surface area contributed by atoms with Crippen molar-refractivity contribution in [3.05, 3.63) is 58.8 Å². The molecular weight excluding hydrogens is 352 g/mol. The van der Waals surface area contributed by atoms with Gasteiger partial charge >= 0.3 is 0 Å². The van der Waals surface area contributed by atoms with Crippen molar-refractivity contribution < 1.29 is 19.2 Å². The third kappa shape index (κ3) is 3.50. The summed E-state index contributed by atoms with van der Waals surface area (Å²) in [7, 11) is 0. The lowest BCUT2D eigenvalue weighted by Crippen LogP contribution is -3.11. The van der Waals surface area contributed by atoms with Crippen molar-refractivity contribution in [3.8, 4) is 5.75 Å². The zero-order valence-corrected chi connectivity index (χ0v) is 16.5. The van der Waals surface area contributed by atoms with Crippen molar-refractivity contribution >= 4 is 22.6 Å². The molecule has 1 aliphatic rings. The summed E-state index contributed by atoms with van der Waals surface area (Å²) >= 11 is 0. The number of para-hydroxylation sites is 1. The van der Waals surface area contributed by atoms with E-state index in [0.717, 1.165) is 35.3 Å². The first kappa shape index (κ1) is 18.6. The van der Waals surface area contributed by atoms with Gasteiger partial charge in [-0.05, 0) is 56.9 Å². The number of furan rings is 1. The summed E-state index contributed by atoms with van der Waals surface area (Å²) in [5, 5.41) is 14.3. The number of carbonyl (C=O) groups is 1. The highest BCUT2D eigenvalue weighted by atomic mass is 16.3. The lowest BCUT2D eigenvalue weighted by molar-refractivity contribution is -0.918. The van der Waals surface area contributed by atoms with E-state index in [1.165, 1.54) is 24.2 Å². The van der Waals surface area contributed by atoms with Crippen LogP contribution in [-0.2, 0) is 6.54 Å². The molecule has 2 heterocycles. The number of quaternary nitrogens is 1. The Morgan fingerprint density at radius 1 is 1.11 bits per heavy atom.